The van der Waals surface area contributed by atoms with Crippen molar-refractivity contribution >= 4 is 40.1 Å². The molecule has 0 aliphatic rings. The van der Waals surface area contributed by atoms with Crippen LogP contribution in [0.15, 0.2) is 51.7 Å². The third-order valence-electron chi connectivity index (χ3n) is 3.49. The molecule has 7 heteroatoms. The van der Waals surface area contributed by atoms with Crippen LogP contribution in [0.1, 0.15) is 0 Å². The lowest BCUT2D eigenvalue weighted by Gasteiger charge is -2.12. The largest absolute Gasteiger partial charge is 0.474 e. The highest BCUT2D eigenvalue weighted by Gasteiger charge is 2.20. The van der Waals surface area contributed by atoms with Crippen molar-refractivity contribution in [2.45, 2.75) is 0 Å². The van der Waals surface area contributed by atoms with Gasteiger partial charge in [-0.05, 0) is 30.3 Å². The standard InChI is InChI=1S/C18H12Cl2O5/c1-23-15(21)9-24-18-16(22)12-4-2-3-5-14(12)25-17(18)11-7-6-10(19)8-13(11)20/h2-8H,9H2,1H3. The first-order chi connectivity index (χ1) is 12.0. The second-order valence-electron chi connectivity index (χ2n) is 5.07. The van der Waals surface area contributed by atoms with E-state index in [9.17, 15) is 9.59 Å². The molecule has 0 amide bonds. The SMILES string of the molecule is COC(=O)COc1c(-c2ccc(Cl)cc2Cl)oc2ccccc2c1=O. The maximum atomic E-state index is 12.8. The summed E-state index contributed by atoms with van der Waals surface area (Å²) in [5.74, 6) is -0.622. The summed E-state index contributed by atoms with van der Waals surface area (Å²) in [6.07, 6.45) is 0. The number of fused-ring (bicyclic) bond motifs is 1. The summed E-state index contributed by atoms with van der Waals surface area (Å²) in [6, 6.07) is 11.5. The molecule has 3 rings (SSSR count). The fourth-order valence-electron chi connectivity index (χ4n) is 2.30. The molecule has 0 aliphatic carbocycles. The molecule has 5 nitrogen and oxygen atoms in total. The van der Waals surface area contributed by atoms with Gasteiger partial charge in [-0.25, -0.2) is 4.79 Å². The highest BCUT2D eigenvalue weighted by atomic mass is 35.5. The summed E-state index contributed by atoms with van der Waals surface area (Å²) >= 11 is 12.2. The highest BCUT2D eigenvalue weighted by molar-refractivity contribution is 6.36. The molecule has 0 fully saturated rings. The van der Waals surface area contributed by atoms with Crippen molar-refractivity contribution in [1.82, 2.24) is 0 Å². The average Bonchev–Trinajstić information content (AvgIpc) is 2.60. The summed E-state index contributed by atoms with van der Waals surface area (Å²) in [4.78, 5) is 24.2. The molecule has 0 aliphatic heterocycles. The third kappa shape index (κ3) is 3.48. The second kappa shape index (κ2) is 7.17. The first-order valence-electron chi connectivity index (χ1n) is 7.22. The Kier molecular flexibility index (Phi) is 4.97. The zero-order valence-corrected chi connectivity index (χ0v) is 14.6. The first kappa shape index (κ1) is 17.3. The molecular formula is C18H12Cl2O5. The summed E-state index contributed by atoms with van der Waals surface area (Å²) in [6.45, 7) is -0.433. The molecule has 0 spiro atoms. The van der Waals surface area contributed by atoms with Gasteiger partial charge in [0.2, 0.25) is 11.2 Å². The molecule has 0 bridgehead atoms. The van der Waals surface area contributed by atoms with Crippen LogP contribution in [0.5, 0.6) is 5.75 Å². The van der Waals surface area contributed by atoms with Gasteiger partial charge in [0.25, 0.3) is 0 Å². The molecule has 0 radical (unpaired) electrons. The minimum atomic E-state index is -0.624. The van der Waals surface area contributed by atoms with E-state index in [1.54, 1.807) is 36.4 Å². The van der Waals surface area contributed by atoms with E-state index in [-0.39, 0.29) is 16.5 Å². The van der Waals surface area contributed by atoms with Crippen LogP contribution in [0.2, 0.25) is 10.0 Å². The Morgan fingerprint density at radius 2 is 1.92 bits per heavy atom. The van der Waals surface area contributed by atoms with E-state index < -0.39 is 18.0 Å². The van der Waals surface area contributed by atoms with Crippen LogP contribution < -0.4 is 10.2 Å². The monoisotopic (exact) mass is 378 g/mol. The van der Waals surface area contributed by atoms with E-state index in [1.165, 1.54) is 13.2 Å². The lowest BCUT2D eigenvalue weighted by atomic mass is 10.1. The maximum absolute atomic E-state index is 12.8. The molecule has 1 heterocycles. The van der Waals surface area contributed by atoms with Crippen LogP contribution in [0.25, 0.3) is 22.3 Å². The van der Waals surface area contributed by atoms with Gasteiger partial charge in [-0.15, -0.1) is 0 Å². The Morgan fingerprint density at radius 3 is 2.64 bits per heavy atom. The number of carbonyl (C=O) groups excluding carboxylic acids is 1. The van der Waals surface area contributed by atoms with Crippen LogP contribution in [0.3, 0.4) is 0 Å². The molecule has 1 aromatic heterocycles. The first-order valence-corrected chi connectivity index (χ1v) is 7.97. The van der Waals surface area contributed by atoms with Crippen LogP contribution >= 0.6 is 23.2 Å². The molecule has 0 unspecified atom stereocenters. The number of ether oxygens (including phenoxy) is 2. The predicted octanol–water partition coefficient (Wildman–Crippen LogP) is 4.32. The van der Waals surface area contributed by atoms with Gasteiger partial charge in [0, 0.05) is 10.6 Å². The van der Waals surface area contributed by atoms with Gasteiger partial charge in [-0.1, -0.05) is 35.3 Å². The van der Waals surface area contributed by atoms with Crippen LogP contribution in [-0.2, 0) is 9.53 Å². The molecule has 128 valence electrons. The minimum Gasteiger partial charge on any atom is -0.474 e. The van der Waals surface area contributed by atoms with Crippen LogP contribution in [0, 0.1) is 0 Å². The summed E-state index contributed by atoms with van der Waals surface area (Å²) in [5, 5.41) is 1.05. The number of hydrogen-bond acceptors (Lipinski definition) is 5. The van der Waals surface area contributed by atoms with Crippen molar-refractivity contribution in [2.24, 2.45) is 0 Å². The van der Waals surface area contributed by atoms with Crippen molar-refractivity contribution in [3.63, 3.8) is 0 Å². The summed E-state index contributed by atoms with van der Waals surface area (Å²) in [5.41, 5.74) is 0.388. The van der Waals surface area contributed by atoms with Gasteiger partial charge in [0.05, 0.1) is 17.5 Å². The lowest BCUT2D eigenvalue weighted by Crippen LogP contribution is -2.17. The molecule has 0 N–H and O–H groups in total. The Labute approximate surface area is 152 Å². The lowest BCUT2D eigenvalue weighted by molar-refractivity contribution is -0.142. The number of halogens is 2. The number of esters is 1. The third-order valence-corrected chi connectivity index (χ3v) is 4.04. The Hall–Kier alpha value is -2.50. The maximum Gasteiger partial charge on any atom is 0.343 e. The van der Waals surface area contributed by atoms with E-state index in [0.717, 1.165) is 0 Å². The van der Waals surface area contributed by atoms with E-state index in [4.69, 9.17) is 32.4 Å². The Balaban J connectivity index is 2.24. The molecule has 3 aromatic rings. The molecule has 0 atom stereocenters. The summed E-state index contributed by atoms with van der Waals surface area (Å²) in [7, 11) is 1.23. The molecule has 0 saturated heterocycles. The van der Waals surface area contributed by atoms with Crippen molar-refractivity contribution in [3.8, 4) is 17.1 Å². The van der Waals surface area contributed by atoms with Crippen molar-refractivity contribution in [3.05, 3.63) is 62.7 Å². The molecule has 25 heavy (non-hydrogen) atoms. The zero-order valence-electron chi connectivity index (χ0n) is 13.0. The Morgan fingerprint density at radius 1 is 1.16 bits per heavy atom. The quantitative estimate of drug-likeness (QED) is 0.632. The number of hydrogen-bond donors (Lipinski definition) is 0. The van der Waals surface area contributed by atoms with Crippen molar-refractivity contribution in [2.75, 3.05) is 13.7 Å². The van der Waals surface area contributed by atoms with E-state index >= 15 is 0 Å². The topological polar surface area (TPSA) is 65.7 Å². The molecule has 2 aromatic carbocycles. The van der Waals surface area contributed by atoms with Gasteiger partial charge in [0.15, 0.2) is 12.4 Å². The van der Waals surface area contributed by atoms with Gasteiger partial charge in [-0.2, -0.15) is 0 Å². The highest BCUT2D eigenvalue weighted by Crippen LogP contribution is 2.36. The average molecular weight is 379 g/mol. The number of rotatable bonds is 4. The fourth-order valence-corrected chi connectivity index (χ4v) is 2.79. The van der Waals surface area contributed by atoms with Gasteiger partial charge in [-0.3, -0.25) is 4.79 Å². The number of para-hydroxylation sites is 1. The van der Waals surface area contributed by atoms with Crippen LogP contribution in [-0.4, -0.2) is 19.7 Å². The fraction of sp³-hybridized carbons (Fsp3) is 0.111. The molecule has 0 saturated carbocycles. The number of benzene rings is 2. The van der Waals surface area contributed by atoms with E-state index in [0.29, 0.717) is 21.6 Å². The number of methoxy groups -OCH3 is 1. The van der Waals surface area contributed by atoms with Gasteiger partial charge >= 0.3 is 5.97 Å². The van der Waals surface area contributed by atoms with Crippen molar-refractivity contribution in [1.29, 1.82) is 0 Å². The number of carbonyl (C=O) groups is 1. The minimum absolute atomic E-state index is 0.117. The smallest absolute Gasteiger partial charge is 0.343 e. The van der Waals surface area contributed by atoms with Gasteiger partial charge < -0.3 is 13.9 Å². The second-order valence-corrected chi connectivity index (χ2v) is 5.92. The van der Waals surface area contributed by atoms with E-state index in [2.05, 4.69) is 4.74 Å². The normalized spacial score (nSPS) is 10.7. The van der Waals surface area contributed by atoms with Crippen LogP contribution in [0.4, 0.5) is 0 Å². The summed E-state index contributed by atoms with van der Waals surface area (Å²) < 4.78 is 15.8. The Bertz CT molecular complexity index is 1010. The zero-order chi connectivity index (χ0) is 18.0. The molecular weight excluding hydrogens is 367 g/mol. The van der Waals surface area contributed by atoms with E-state index in [1.807, 2.05) is 0 Å². The van der Waals surface area contributed by atoms with Gasteiger partial charge in [0.1, 0.15) is 5.58 Å². The predicted molar refractivity (Wildman–Crippen MR) is 95.5 cm³/mol. The van der Waals surface area contributed by atoms with Crippen molar-refractivity contribution < 1.29 is 18.7 Å².